The van der Waals surface area contributed by atoms with Crippen molar-refractivity contribution in [2.75, 3.05) is 27.1 Å². The average molecular weight is 350 g/mol. The van der Waals surface area contributed by atoms with Gasteiger partial charge in [0.25, 0.3) is 0 Å². The molecule has 0 bridgehead atoms. The second kappa shape index (κ2) is 9.01. The average Bonchev–Trinajstić information content (AvgIpc) is 2.32. The summed E-state index contributed by atoms with van der Waals surface area (Å²) in [5, 5.41) is 2.92. The van der Waals surface area contributed by atoms with Gasteiger partial charge in [0.15, 0.2) is 8.32 Å². The Morgan fingerprint density at radius 3 is 2.09 bits per heavy atom. The van der Waals surface area contributed by atoms with Gasteiger partial charge >= 0.3 is 6.09 Å². The van der Waals surface area contributed by atoms with Crippen molar-refractivity contribution in [3.8, 4) is 0 Å². The fourth-order valence-electron chi connectivity index (χ4n) is 1.40. The Morgan fingerprint density at radius 2 is 1.65 bits per heavy atom. The molecule has 0 spiro atoms. The third-order valence-electron chi connectivity index (χ3n) is 3.69. The lowest BCUT2D eigenvalue weighted by molar-refractivity contribution is -0.0427. The first-order valence-electron chi connectivity index (χ1n) is 7.98. The van der Waals surface area contributed by atoms with Gasteiger partial charge < -0.3 is 24.0 Å². The predicted molar refractivity (Wildman–Crippen MR) is 94.1 cm³/mol. The van der Waals surface area contributed by atoms with Crippen molar-refractivity contribution in [3.63, 3.8) is 0 Å². The minimum Gasteiger partial charge on any atom is -0.444 e. The third kappa shape index (κ3) is 9.96. The summed E-state index contributed by atoms with van der Waals surface area (Å²) in [5.74, 6) is 0. The molecule has 0 aromatic carbocycles. The monoisotopic (exact) mass is 349 g/mol. The highest BCUT2D eigenvalue weighted by Crippen LogP contribution is 2.36. The molecule has 0 saturated heterocycles. The molecule has 1 N–H and O–H groups in total. The van der Waals surface area contributed by atoms with E-state index in [9.17, 15) is 4.79 Å². The molecular weight excluding hydrogens is 314 g/mol. The van der Waals surface area contributed by atoms with Crippen LogP contribution in [0.4, 0.5) is 4.79 Å². The first-order chi connectivity index (χ1) is 10.3. The quantitative estimate of drug-likeness (QED) is 0.412. The van der Waals surface area contributed by atoms with Crippen molar-refractivity contribution in [1.82, 2.24) is 5.32 Å². The fourth-order valence-corrected chi connectivity index (χ4v) is 2.46. The van der Waals surface area contributed by atoms with Crippen LogP contribution in [0.5, 0.6) is 0 Å². The van der Waals surface area contributed by atoms with Crippen LogP contribution in [0.15, 0.2) is 0 Å². The molecule has 0 unspecified atom stereocenters. The molecule has 0 radical (unpaired) electrons. The number of nitrogens with one attached hydrogen (secondary N) is 1. The summed E-state index contributed by atoms with van der Waals surface area (Å²) in [5.41, 5.74) is -0.539. The topological polar surface area (TPSA) is 66.0 Å². The second-order valence-corrected chi connectivity index (χ2v) is 13.0. The lowest BCUT2D eigenvalue weighted by atomic mass is 10.2. The minimum absolute atomic E-state index is 0.108. The number of rotatable bonds is 8. The fraction of sp³-hybridized carbons (Fsp3) is 0.938. The van der Waals surface area contributed by atoms with Gasteiger partial charge in [-0.05, 0) is 38.9 Å². The highest BCUT2D eigenvalue weighted by Gasteiger charge is 2.37. The molecular formula is C16H35NO5Si. The van der Waals surface area contributed by atoms with Gasteiger partial charge in [0.1, 0.15) is 12.4 Å². The van der Waals surface area contributed by atoms with Crippen LogP contribution in [0.3, 0.4) is 0 Å². The molecule has 0 aliphatic carbocycles. The summed E-state index contributed by atoms with van der Waals surface area (Å²) >= 11 is 0. The molecule has 138 valence electrons. The molecule has 0 fully saturated rings. The van der Waals surface area contributed by atoms with Crippen LogP contribution in [0.1, 0.15) is 41.5 Å². The zero-order chi connectivity index (χ0) is 18.3. The number of amides is 1. The Kier molecular flexibility index (Phi) is 8.76. The number of methoxy groups -OCH3 is 1. The number of carbonyl (C=O) groups is 1. The van der Waals surface area contributed by atoms with Crippen molar-refractivity contribution >= 4 is 14.4 Å². The van der Waals surface area contributed by atoms with E-state index in [2.05, 4.69) is 39.2 Å². The molecule has 0 aromatic heterocycles. The molecule has 0 aliphatic rings. The summed E-state index contributed by atoms with van der Waals surface area (Å²) in [6.07, 6.45) is -0.470. The smallest absolute Gasteiger partial charge is 0.408 e. The number of alkyl carbamates (subject to hydrolysis) is 1. The summed E-state index contributed by atoms with van der Waals surface area (Å²) in [4.78, 5) is 12.0. The molecule has 0 rings (SSSR count). The zero-order valence-corrected chi connectivity index (χ0v) is 17.2. The van der Waals surface area contributed by atoms with Crippen LogP contribution in [0, 0.1) is 0 Å². The normalized spacial score (nSPS) is 14.5. The highest BCUT2D eigenvalue weighted by atomic mass is 28.4. The number of carbonyl (C=O) groups excluding carboxylic acids is 1. The molecule has 0 saturated carbocycles. The Balaban J connectivity index is 4.66. The van der Waals surface area contributed by atoms with Crippen LogP contribution >= 0.6 is 0 Å². The van der Waals surface area contributed by atoms with E-state index < -0.39 is 20.0 Å². The van der Waals surface area contributed by atoms with Gasteiger partial charge in [-0.2, -0.15) is 0 Å². The molecule has 0 aromatic rings. The Hall–Kier alpha value is -0.633. The SMILES string of the molecule is COCOC[C@H](CO[Si](C)(C)C(C)(C)C)NC(=O)OC(C)(C)C. The van der Waals surface area contributed by atoms with Crippen molar-refractivity contribution in [2.45, 2.75) is 71.3 Å². The van der Waals surface area contributed by atoms with E-state index in [1.807, 2.05) is 20.8 Å². The van der Waals surface area contributed by atoms with E-state index in [0.717, 1.165) is 0 Å². The zero-order valence-electron chi connectivity index (χ0n) is 16.2. The number of ether oxygens (including phenoxy) is 3. The van der Waals surface area contributed by atoms with Crippen LogP contribution in [-0.4, -0.2) is 53.2 Å². The third-order valence-corrected chi connectivity index (χ3v) is 8.19. The van der Waals surface area contributed by atoms with Crippen LogP contribution < -0.4 is 5.32 Å². The predicted octanol–water partition coefficient (Wildman–Crippen LogP) is 3.52. The van der Waals surface area contributed by atoms with Crippen molar-refractivity contribution < 1.29 is 23.4 Å². The molecule has 1 atom stereocenters. The van der Waals surface area contributed by atoms with Crippen LogP contribution in [0.25, 0.3) is 0 Å². The second-order valence-electron chi connectivity index (χ2n) is 8.19. The lowest BCUT2D eigenvalue weighted by Gasteiger charge is -2.37. The maximum atomic E-state index is 12.0. The van der Waals surface area contributed by atoms with E-state index in [1.165, 1.54) is 0 Å². The number of hydrogen-bond donors (Lipinski definition) is 1. The van der Waals surface area contributed by atoms with E-state index >= 15 is 0 Å². The molecule has 1 amide bonds. The maximum absolute atomic E-state index is 12.0. The van der Waals surface area contributed by atoms with Gasteiger partial charge in [-0.25, -0.2) is 4.79 Å². The standard InChI is InChI=1S/C16H35NO5Si/c1-15(2,3)22-14(18)17-13(10-20-12-19-7)11-21-23(8,9)16(4,5)6/h13H,10-12H2,1-9H3,(H,17,18)/t13-/m1/s1. The van der Waals surface area contributed by atoms with E-state index in [4.69, 9.17) is 18.6 Å². The Morgan fingerprint density at radius 1 is 1.09 bits per heavy atom. The van der Waals surface area contributed by atoms with Crippen molar-refractivity contribution in [2.24, 2.45) is 0 Å². The summed E-state index contributed by atoms with van der Waals surface area (Å²) in [7, 11) is -0.334. The molecule has 0 heterocycles. The van der Waals surface area contributed by atoms with Gasteiger partial charge in [-0.3, -0.25) is 0 Å². The first kappa shape index (κ1) is 22.4. The Labute approximate surface area is 142 Å². The summed E-state index contributed by atoms with van der Waals surface area (Å²) < 4.78 is 21.7. The minimum atomic E-state index is -1.89. The largest absolute Gasteiger partial charge is 0.444 e. The molecule has 0 aliphatic heterocycles. The summed E-state index contributed by atoms with van der Waals surface area (Å²) in [6.45, 7) is 17.2. The first-order valence-corrected chi connectivity index (χ1v) is 10.9. The molecule has 23 heavy (non-hydrogen) atoms. The van der Waals surface area contributed by atoms with Gasteiger partial charge in [0.2, 0.25) is 0 Å². The number of hydrogen-bond acceptors (Lipinski definition) is 5. The van der Waals surface area contributed by atoms with Crippen LogP contribution in [-0.2, 0) is 18.6 Å². The highest BCUT2D eigenvalue weighted by molar-refractivity contribution is 6.74. The van der Waals surface area contributed by atoms with Gasteiger partial charge in [-0.1, -0.05) is 20.8 Å². The maximum Gasteiger partial charge on any atom is 0.408 e. The van der Waals surface area contributed by atoms with Crippen molar-refractivity contribution in [3.05, 3.63) is 0 Å². The molecule has 6 nitrogen and oxygen atoms in total. The van der Waals surface area contributed by atoms with Crippen LogP contribution in [0.2, 0.25) is 18.1 Å². The van der Waals surface area contributed by atoms with Gasteiger partial charge in [0, 0.05) is 7.11 Å². The summed E-state index contributed by atoms with van der Waals surface area (Å²) in [6, 6.07) is -0.283. The Bertz CT molecular complexity index is 360. The van der Waals surface area contributed by atoms with E-state index in [1.54, 1.807) is 7.11 Å². The van der Waals surface area contributed by atoms with Crippen molar-refractivity contribution in [1.29, 1.82) is 0 Å². The van der Waals surface area contributed by atoms with Gasteiger partial charge in [0.05, 0.1) is 19.3 Å². The molecule has 7 heteroatoms. The van der Waals surface area contributed by atoms with E-state index in [-0.39, 0.29) is 17.9 Å². The van der Waals surface area contributed by atoms with Gasteiger partial charge in [-0.15, -0.1) is 0 Å². The van der Waals surface area contributed by atoms with E-state index in [0.29, 0.717) is 13.2 Å². The lowest BCUT2D eigenvalue weighted by Crippen LogP contribution is -2.48.